The van der Waals surface area contributed by atoms with E-state index in [0.717, 1.165) is 0 Å². The van der Waals surface area contributed by atoms with Gasteiger partial charge in [0, 0.05) is 6.92 Å². The van der Waals surface area contributed by atoms with Crippen molar-refractivity contribution in [3.63, 3.8) is 0 Å². The average molecular weight is 440 g/mol. The second-order valence-electron chi connectivity index (χ2n) is 4.19. The third-order valence-corrected chi connectivity index (χ3v) is 2.53. The molecule has 0 aromatic heterocycles. The van der Waals surface area contributed by atoms with Crippen LogP contribution in [0.2, 0.25) is 0 Å². The number of alkyl halides is 12. The molecule has 2 nitrogen and oxygen atoms in total. The monoisotopic (exact) mass is 440 g/mol. The molecule has 0 bridgehead atoms. The zero-order valence-corrected chi connectivity index (χ0v) is 11.1. The van der Waals surface area contributed by atoms with Crippen molar-refractivity contribution >= 4 is 0 Å². The van der Waals surface area contributed by atoms with E-state index in [1.807, 2.05) is 0 Å². The Morgan fingerprint density at radius 1 is 0.704 bits per heavy atom. The molecule has 0 aromatic rings. The van der Waals surface area contributed by atoms with E-state index >= 15 is 0 Å². The van der Waals surface area contributed by atoms with Gasteiger partial charge in [-0.25, -0.2) is 4.39 Å². The molecule has 0 aliphatic carbocycles. The standard InChI is InChI=1S/C8H5F11O2.CH3F.4CH4/c1-3(9,10)5(12,13)4(11)2-20-6(21-4,7(14,15)16)8(17,18)19;1-2;;;;/h2H2,1H3;1H3;4*1H4. The summed E-state index contributed by atoms with van der Waals surface area (Å²) in [4.78, 5) is 0. The Morgan fingerprint density at radius 2 is 1.00 bits per heavy atom. The lowest BCUT2D eigenvalue weighted by atomic mass is 10.1. The predicted octanol–water partition coefficient (Wildman–Crippen LogP) is 6.94. The van der Waals surface area contributed by atoms with Crippen molar-refractivity contribution in [3.05, 3.63) is 0 Å². The summed E-state index contributed by atoms with van der Waals surface area (Å²) in [6, 6.07) is 0. The quantitative estimate of drug-likeness (QED) is 0.433. The molecule has 1 fully saturated rings. The highest BCUT2D eigenvalue weighted by atomic mass is 19.4. The molecule has 1 heterocycles. The number of hydrogen-bond acceptors (Lipinski definition) is 2. The van der Waals surface area contributed by atoms with Crippen LogP contribution < -0.4 is 0 Å². The first kappa shape index (κ1) is 36.9. The minimum atomic E-state index is -6.53. The summed E-state index contributed by atoms with van der Waals surface area (Å²) in [5.41, 5.74) is 0. The molecule has 1 unspecified atom stereocenters. The van der Waals surface area contributed by atoms with Crippen LogP contribution in [0.5, 0.6) is 0 Å². The van der Waals surface area contributed by atoms with Crippen LogP contribution in [0.25, 0.3) is 0 Å². The van der Waals surface area contributed by atoms with Gasteiger partial charge in [-0.1, -0.05) is 29.7 Å². The van der Waals surface area contributed by atoms with Crippen LogP contribution in [0.4, 0.5) is 52.7 Å². The van der Waals surface area contributed by atoms with Gasteiger partial charge in [0.05, 0.1) is 7.18 Å². The Balaban J connectivity index is -0.000000260. The summed E-state index contributed by atoms with van der Waals surface area (Å²) in [5, 5.41) is 0. The summed E-state index contributed by atoms with van der Waals surface area (Å²) < 4.78 is 154. The molecule has 1 aliphatic rings. The maximum Gasteiger partial charge on any atom is 0.453 e. The fourth-order valence-electron chi connectivity index (χ4n) is 1.40. The van der Waals surface area contributed by atoms with Gasteiger partial charge in [0.1, 0.15) is 6.61 Å². The Morgan fingerprint density at radius 3 is 1.19 bits per heavy atom. The van der Waals surface area contributed by atoms with Crippen molar-refractivity contribution in [2.45, 2.75) is 72.5 Å². The minimum absolute atomic E-state index is 0. The van der Waals surface area contributed by atoms with Crippen LogP contribution in [0.3, 0.4) is 0 Å². The van der Waals surface area contributed by atoms with Crippen LogP contribution in [-0.4, -0.2) is 49.6 Å². The van der Waals surface area contributed by atoms with Crippen LogP contribution in [-0.2, 0) is 9.47 Å². The van der Waals surface area contributed by atoms with Gasteiger partial charge in [-0.3, -0.25) is 9.13 Å². The molecule has 0 saturated carbocycles. The van der Waals surface area contributed by atoms with Crippen molar-refractivity contribution in [2.24, 2.45) is 0 Å². The highest BCUT2D eigenvalue weighted by Gasteiger charge is 2.85. The number of hydrogen-bond donors (Lipinski definition) is 0. The topological polar surface area (TPSA) is 18.5 Å². The molecular weight excluding hydrogens is 416 g/mol. The van der Waals surface area contributed by atoms with Gasteiger partial charge < -0.3 is 4.74 Å². The summed E-state index contributed by atoms with van der Waals surface area (Å²) in [7, 11) is 0.500. The van der Waals surface area contributed by atoms with Gasteiger partial charge >= 0.3 is 35.8 Å². The first-order chi connectivity index (χ1) is 9.91. The molecule has 0 amide bonds. The molecule has 14 heteroatoms. The molecule has 1 atom stereocenters. The smallest absolute Gasteiger partial charge is 0.329 e. The summed E-state index contributed by atoms with van der Waals surface area (Å²) in [6.45, 7) is -3.29. The zero-order chi connectivity index (χ0) is 19.1. The van der Waals surface area contributed by atoms with Crippen molar-refractivity contribution in [1.29, 1.82) is 0 Å². The van der Waals surface area contributed by atoms with Crippen LogP contribution in [0, 0.1) is 0 Å². The predicted molar refractivity (Wildman–Crippen MR) is 75.2 cm³/mol. The Hall–Kier alpha value is -0.920. The first-order valence-electron chi connectivity index (χ1n) is 5.21. The van der Waals surface area contributed by atoms with E-state index in [1.165, 1.54) is 0 Å². The van der Waals surface area contributed by atoms with E-state index in [0.29, 0.717) is 7.18 Å². The molecule has 0 radical (unpaired) electrons. The molecule has 1 saturated heterocycles. The fourth-order valence-corrected chi connectivity index (χ4v) is 1.40. The molecule has 0 N–H and O–H groups in total. The molecule has 0 spiro atoms. The summed E-state index contributed by atoms with van der Waals surface area (Å²) in [5.74, 6) is -22.4. The largest absolute Gasteiger partial charge is 0.453 e. The van der Waals surface area contributed by atoms with Gasteiger partial charge in [0.15, 0.2) is 0 Å². The number of rotatable bonds is 2. The van der Waals surface area contributed by atoms with E-state index in [9.17, 15) is 52.7 Å². The lowest BCUT2D eigenvalue weighted by Crippen LogP contribution is -2.62. The van der Waals surface area contributed by atoms with Gasteiger partial charge in [-0.2, -0.15) is 43.9 Å². The van der Waals surface area contributed by atoms with Crippen molar-refractivity contribution in [2.75, 3.05) is 13.8 Å². The SMILES string of the molecule is C.C.C.C.CC(F)(F)C(F)(F)C1(F)COC(C(F)(F)F)(C(F)(F)F)O1.CF. The number of halogens is 12. The Kier molecular flexibility index (Phi) is 13.7. The zero-order valence-electron chi connectivity index (χ0n) is 11.1. The average Bonchev–Trinajstić information content (AvgIpc) is 2.70. The van der Waals surface area contributed by atoms with E-state index in [4.69, 9.17) is 0 Å². The van der Waals surface area contributed by atoms with Crippen LogP contribution >= 0.6 is 0 Å². The van der Waals surface area contributed by atoms with Crippen molar-refractivity contribution < 1.29 is 62.2 Å². The van der Waals surface area contributed by atoms with E-state index in [-0.39, 0.29) is 29.7 Å². The van der Waals surface area contributed by atoms with Gasteiger partial charge in [0.2, 0.25) is 0 Å². The Bertz CT molecular complexity index is 399. The van der Waals surface area contributed by atoms with Gasteiger partial charge in [0.25, 0.3) is 0 Å². The lowest BCUT2D eigenvalue weighted by Gasteiger charge is -2.35. The van der Waals surface area contributed by atoms with Gasteiger partial charge in [-0.05, 0) is 0 Å². The first-order valence-corrected chi connectivity index (χ1v) is 5.21. The molecule has 27 heavy (non-hydrogen) atoms. The summed E-state index contributed by atoms with van der Waals surface area (Å²) in [6.07, 6.45) is -13.1. The van der Waals surface area contributed by atoms with Crippen LogP contribution in [0.15, 0.2) is 0 Å². The van der Waals surface area contributed by atoms with Crippen LogP contribution in [0.1, 0.15) is 36.6 Å². The Labute approximate surface area is 149 Å². The maximum absolute atomic E-state index is 13.6. The lowest BCUT2D eigenvalue weighted by molar-refractivity contribution is -0.466. The molecular formula is C13H24F12O2. The third-order valence-electron chi connectivity index (χ3n) is 2.53. The minimum Gasteiger partial charge on any atom is -0.329 e. The van der Waals surface area contributed by atoms with E-state index in [2.05, 4.69) is 9.47 Å². The molecule has 172 valence electrons. The molecule has 0 aromatic carbocycles. The summed E-state index contributed by atoms with van der Waals surface area (Å²) >= 11 is 0. The molecule has 1 rings (SSSR count). The van der Waals surface area contributed by atoms with E-state index < -0.39 is 49.4 Å². The maximum atomic E-state index is 13.6. The molecule has 1 aliphatic heterocycles. The van der Waals surface area contributed by atoms with E-state index in [1.54, 1.807) is 0 Å². The normalized spacial score (nSPS) is 22.0. The second kappa shape index (κ2) is 10.0. The fraction of sp³-hybridized carbons (Fsp3) is 1.00. The highest BCUT2D eigenvalue weighted by molar-refractivity contribution is 5.03. The highest BCUT2D eigenvalue weighted by Crippen LogP contribution is 2.57. The third kappa shape index (κ3) is 5.78. The van der Waals surface area contributed by atoms with Crippen molar-refractivity contribution in [3.8, 4) is 0 Å². The second-order valence-corrected chi connectivity index (χ2v) is 4.19. The number of ether oxygens (including phenoxy) is 2. The van der Waals surface area contributed by atoms with Gasteiger partial charge in [-0.15, -0.1) is 0 Å². The van der Waals surface area contributed by atoms with Crippen molar-refractivity contribution in [1.82, 2.24) is 0 Å².